The first-order valence-corrected chi connectivity index (χ1v) is 11.1. The summed E-state index contributed by atoms with van der Waals surface area (Å²) in [6, 6.07) is 11.8. The van der Waals surface area contributed by atoms with E-state index in [2.05, 4.69) is 36.8 Å². The van der Waals surface area contributed by atoms with Gasteiger partial charge in [-0.15, -0.1) is 0 Å². The summed E-state index contributed by atoms with van der Waals surface area (Å²) < 4.78 is 33.1. The molecule has 1 aliphatic heterocycles. The molecular formula is C18H19F2NOSi. The number of rotatable bonds is 3. The molecule has 1 aliphatic rings. The molecule has 1 unspecified atom stereocenters. The highest BCUT2D eigenvalue weighted by Crippen LogP contribution is 2.26. The minimum absolute atomic E-state index is 0.0415. The highest BCUT2D eigenvalue weighted by Gasteiger charge is 2.26. The van der Waals surface area contributed by atoms with Crippen LogP contribution in [0.4, 0.5) is 8.78 Å². The van der Waals surface area contributed by atoms with Crippen molar-refractivity contribution in [1.29, 1.82) is 0 Å². The van der Waals surface area contributed by atoms with Crippen molar-refractivity contribution in [3.8, 4) is 0 Å². The van der Waals surface area contributed by atoms with Crippen LogP contribution in [0, 0.1) is 11.6 Å². The second-order valence-electron chi connectivity index (χ2n) is 6.73. The maximum absolute atomic E-state index is 13.8. The van der Waals surface area contributed by atoms with E-state index in [9.17, 15) is 8.78 Å². The molecule has 0 aromatic heterocycles. The van der Waals surface area contributed by atoms with E-state index >= 15 is 0 Å². The Morgan fingerprint density at radius 2 is 1.61 bits per heavy atom. The monoisotopic (exact) mass is 331 g/mol. The zero-order valence-electron chi connectivity index (χ0n) is 13.4. The first kappa shape index (κ1) is 15.9. The molecule has 0 aliphatic carbocycles. The molecule has 0 bridgehead atoms. The van der Waals surface area contributed by atoms with Crippen molar-refractivity contribution in [1.82, 2.24) is 0 Å². The van der Waals surface area contributed by atoms with Gasteiger partial charge in [-0.25, -0.2) is 13.8 Å². The van der Waals surface area contributed by atoms with Gasteiger partial charge >= 0.3 is 0 Å². The van der Waals surface area contributed by atoms with Gasteiger partial charge in [0.1, 0.15) is 29.8 Å². The Labute approximate surface area is 135 Å². The lowest BCUT2D eigenvalue weighted by molar-refractivity contribution is 0.317. The number of nitrogens with zero attached hydrogens (tertiary/aromatic N) is 1. The first-order chi connectivity index (χ1) is 10.9. The SMILES string of the molecule is C[Si](C)(C)c1ccc(C2COC(c3c(F)cccc3F)=N2)cc1. The second-order valence-corrected chi connectivity index (χ2v) is 11.8. The van der Waals surface area contributed by atoms with Crippen LogP contribution in [0.15, 0.2) is 47.5 Å². The number of benzene rings is 2. The van der Waals surface area contributed by atoms with E-state index in [1.165, 1.54) is 23.4 Å². The molecule has 2 aromatic rings. The maximum atomic E-state index is 13.8. The molecule has 1 heterocycles. The Morgan fingerprint density at radius 3 is 2.17 bits per heavy atom. The summed E-state index contributed by atoms with van der Waals surface area (Å²) in [6.45, 7) is 7.17. The molecular weight excluding hydrogens is 312 g/mol. The third kappa shape index (κ3) is 3.20. The third-order valence-corrected chi connectivity index (χ3v) is 6.05. The molecule has 0 amide bonds. The van der Waals surface area contributed by atoms with Gasteiger partial charge in [0.05, 0.1) is 8.07 Å². The fourth-order valence-electron chi connectivity index (χ4n) is 2.59. The van der Waals surface area contributed by atoms with Crippen LogP contribution < -0.4 is 5.19 Å². The second kappa shape index (κ2) is 5.89. The molecule has 1 atom stereocenters. The summed E-state index contributed by atoms with van der Waals surface area (Å²) in [4.78, 5) is 4.37. The van der Waals surface area contributed by atoms with Crippen LogP contribution >= 0.6 is 0 Å². The number of hydrogen-bond acceptors (Lipinski definition) is 2. The van der Waals surface area contributed by atoms with Crippen molar-refractivity contribution in [3.63, 3.8) is 0 Å². The predicted molar refractivity (Wildman–Crippen MR) is 91.0 cm³/mol. The minimum Gasteiger partial charge on any atom is -0.475 e. The largest absolute Gasteiger partial charge is 0.475 e. The van der Waals surface area contributed by atoms with Crippen LogP contribution in [0.5, 0.6) is 0 Å². The highest BCUT2D eigenvalue weighted by molar-refractivity contribution is 6.88. The van der Waals surface area contributed by atoms with E-state index in [0.29, 0.717) is 6.61 Å². The minimum atomic E-state index is -1.34. The molecule has 2 nitrogen and oxygen atoms in total. The average molecular weight is 331 g/mol. The van der Waals surface area contributed by atoms with Crippen LogP contribution in [-0.4, -0.2) is 20.6 Å². The Hall–Kier alpha value is -2.01. The molecule has 0 N–H and O–H groups in total. The molecule has 0 saturated carbocycles. The van der Waals surface area contributed by atoms with E-state index in [0.717, 1.165) is 5.56 Å². The van der Waals surface area contributed by atoms with Crippen molar-refractivity contribution >= 4 is 19.2 Å². The molecule has 0 saturated heterocycles. The van der Waals surface area contributed by atoms with E-state index < -0.39 is 19.7 Å². The zero-order valence-corrected chi connectivity index (χ0v) is 14.4. The lowest BCUT2D eigenvalue weighted by Gasteiger charge is -2.17. The van der Waals surface area contributed by atoms with Crippen molar-refractivity contribution in [2.24, 2.45) is 4.99 Å². The zero-order chi connectivity index (χ0) is 16.6. The van der Waals surface area contributed by atoms with Crippen molar-refractivity contribution in [2.45, 2.75) is 25.7 Å². The summed E-state index contributed by atoms with van der Waals surface area (Å²) in [5.74, 6) is -1.27. The molecule has 2 aromatic carbocycles. The van der Waals surface area contributed by atoms with E-state index in [1.807, 2.05) is 12.1 Å². The molecule has 3 rings (SSSR count). The van der Waals surface area contributed by atoms with Crippen molar-refractivity contribution < 1.29 is 13.5 Å². The average Bonchev–Trinajstić information content (AvgIpc) is 2.96. The molecule has 120 valence electrons. The van der Waals surface area contributed by atoms with Crippen LogP contribution in [0.25, 0.3) is 0 Å². The van der Waals surface area contributed by atoms with Gasteiger partial charge in [0.2, 0.25) is 5.90 Å². The number of ether oxygens (including phenoxy) is 1. The summed E-state index contributed by atoms with van der Waals surface area (Å²) in [5.41, 5.74) is 0.812. The van der Waals surface area contributed by atoms with E-state index in [-0.39, 0.29) is 17.5 Å². The number of hydrogen-bond donors (Lipinski definition) is 0. The summed E-state index contributed by atoms with van der Waals surface area (Å²) in [7, 11) is -1.34. The third-order valence-electron chi connectivity index (χ3n) is 3.99. The van der Waals surface area contributed by atoms with E-state index in [1.54, 1.807) is 0 Å². The number of halogens is 2. The van der Waals surface area contributed by atoms with Gasteiger partial charge in [0.25, 0.3) is 0 Å². The standard InChI is InChI=1S/C18H19F2NOSi/c1-23(2,3)13-9-7-12(8-10-13)16-11-22-18(21-16)17-14(19)5-4-6-15(17)20/h4-10,16H,11H2,1-3H3. The molecule has 0 fully saturated rings. The van der Waals surface area contributed by atoms with Crippen molar-refractivity contribution in [3.05, 3.63) is 65.2 Å². The maximum Gasteiger partial charge on any atom is 0.222 e. The van der Waals surface area contributed by atoms with Crippen LogP contribution in [0.2, 0.25) is 19.6 Å². The Kier molecular flexibility index (Phi) is 4.06. The van der Waals surface area contributed by atoms with E-state index in [4.69, 9.17) is 4.74 Å². The van der Waals surface area contributed by atoms with Gasteiger partial charge in [-0.05, 0) is 17.7 Å². The predicted octanol–water partition coefficient (Wildman–Crippen LogP) is 4.03. The molecule has 5 heteroatoms. The van der Waals surface area contributed by atoms with Crippen LogP contribution in [-0.2, 0) is 4.74 Å². The fraction of sp³-hybridized carbons (Fsp3) is 0.278. The Balaban J connectivity index is 1.88. The number of aliphatic imine (C=N–C) groups is 1. The first-order valence-electron chi connectivity index (χ1n) is 7.61. The van der Waals surface area contributed by atoms with Crippen LogP contribution in [0.1, 0.15) is 17.2 Å². The molecule has 0 spiro atoms. The van der Waals surface area contributed by atoms with Gasteiger partial charge in [-0.1, -0.05) is 55.2 Å². The Bertz CT molecular complexity index is 730. The Morgan fingerprint density at radius 1 is 1.00 bits per heavy atom. The lowest BCUT2D eigenvalue weighted by Crippen LogP contribution is -2.37. The van der Waals surface area contributed by atoms with Gasteiger partial charge in [0.15, 0.2) is 0 Å². The molecule has 0 radical (unpaired) electrons. The van der Waals surface area contributed by atoms with Gasteiger partial charge in [-0.2, -0.15) is 0 Å². The smallest absolute Gasteiger partial charge is 0.222 e. The summed E-state index contributed by atoms with van der Waals surface area (Å²) in [5, 5.41) is 1.37. The summed E-state index contributed by atoms with van der Waals surface area (Å²) >= 11 is 0. The lowest BCUT2D eigenvalue weighted by atomic mass is 10.1. The summed E-state index contributed by atoms with van der Waals surface area (Å²) in [6.07, 6.45) is 0. The highest BCUT2D eigenvalue weighted by atomic mass is 28.3. The normalized spacial score (nSPS) is 17.8. The topological polar surface area (TPSA) is 21.6 Å². The quantitative estimate of drug-likeness (QED) is 0.778. The fourth-order valence-corrected chi connectivity index (χ4v) is 3.76. The van der Waals surface area contributed by atoms with Gasteiger partial charge < -0.3 is 4.74 Å². The molecule has 23 heavy (non-hydrogen) atoms. The van der Waals surface area contributed by atoms with Crippen LogP contribution in [0.3, 0.4) is 0 Å². The van der Waals surface area contributed by atoms with Gasteiger partial charge in [0, 0.05) is 0 Å². The van der Waals surface area contributed by atoms with Crippen molar-refractivity contribution in [2.75, 3.05) is 6.61 Å². The van der Waals surface area contributed by atoms with Gasteiger partial charge in [-0.3, -0.25) is 0 Å².